The maximum absolute atomic E-state index is 12.0. The van der Waals surface area contributed by atoms with E-state index in [1.165, 1.54) is 4.90 Å². The average molecular weight is 249 g/mol. The highest BCUT2D eigenvalue weighted by Gasteiger charge is 2.31. The Bertz CT molecular complexity index is 435. The van der Waals surface area contributed by atoms with Crippen LogP contribution in [0, 0.1) is 0 Å². The Morgan fingerprint density at radius 2 is 2.06 bits per heavy atom. The van der Waals surface area contributed by atoms with Crippen LogP contribution in [-0.4, -0.2) is 47.7 Å². The van der Waals surface area contributed by atoms with Crippen LogP contribution in [0.1, 0.15) is 0 Å². The summed E-state index contributed by atoms with van der Waals surface area (Å²) >= 11 is 0. The van der Waals surface area contributed by atoms with E-state index in [-0.39, 0.29) is 12.6 Å². The molecule has 1 saturated heterocycles. The van der Waals surface area contributed by atoms with Crippen LogP contribution < -0.4 is 10.6 Å². The predicted octanol–water partition coefficient (Wildman–Crippen LogP) is 0.577. The fourth-order valence-electron chi connectivity index (χ4n) is 1.88. The molecule has 2 rings (SSSR count). The van der Waals surface area contributed by atoms with Crippen LogP contribution in [0.5, 0.6) is 0 Å². The molecule has 0 radical (unpaired) electrons. The first-order valence-electron chi connectivity index (χ1n) is 5.74. The number of aliphatic carboxylic acids is 1. The molecule has 0 bridgehead atoms. The van der Waals surface area contributed by atoms with Gasteiger partial charge in [0.25, 0.3) is 0 Å². The molecule has 6 nitrogen and oxygen atoms in total. The maximum atomic E-state index is 12.0. The Morgan fingerprint density at radius 3 is 2.72 bits per heavy atom. The molecular formula is C12H15N3O3. The number of carbonyl (C=O) groups excluding carboxylic acids is 1. The van der Waals surface area contributed by atoms with Crippen LogP contribution in [-0.2, 0) is 4.79 Å². The lowest BCUT2D eigenvalue weighted by Gasteiger charge is -2.33. The molecule has 2 amide bonds. The summed E-state index contributed by atoms with van der Waals surface area (Å²) in [6.45, 7) is 1.26. The van der Waals surface area contributed by atoms with Crippen LogP contribution in [0.4, 0.5) is 10.5 Å². The topological polar surface area (TPSA) is 81.7 Å². The monoisotopic (exact) mass is 249 g/mol. The van der Waals surface area contributed by atoms with Crippen molar-refractivity contribution in [2.75, 3.05) is 25.0 Å². The van der Waals surface area contributed by atoms with Gasteiger partial charge in [0, 0.05) is 25.3 Å². The highest BCUT2D eigenvalue weighted by atomic mass is 16.4. The number of piperazine rings is 1. The highest BCUT2D eigenvalue weighted by molar-refractivity contribution is 5.92. The van der Waals surface area contributed by atoms with Crippen molar-refractivity contribution in [3.8, 4) is 0 Å². The first-order chi connectivity index (χ1) is 8.68. The van der Waals surface area contributed by atoms with E-state index >= 15 is 0 Å². The zero-order valence-electron chi connectivity index (χ0n) is 9.80. The average Bonchev–Trinajstić information content (AvgIpc) is 2.40. The van der Waals surface area contributed by atoms with E-state index in [0.717, 1.165) is 0 Å². The molecule has 0 spiro atoms. The third-order valence-corrected chi connectivity index (χ3v) is 2.81. The van der Waals surface area contributed by atoms with E-state index in [4.69, 9.17) is 5.11 Å². The van der Waals surface area contributed by atoms with Gasteiger partial charge in [0.05, 0.1) is 0 Å². The van der Waals surface area contributed by atoms with Crippen molar-refractivity contribution in [3.63, 3.8) is 0 Å². The molecule has 1 unspecified atom stereocenters. The van der Waals surface area contributed by atoms with Gasteiger partial charge in [-0.05, 0) is 12.1 Å². The van der Waals surface area contributed by atoms with Crippen LogP contribution in [0.3, 0.4) is 0 Å². The number of para-hydroxylation sites is 1. The van der Waals surface area contributed by atoms with Gasteiger partial charge >= 0.3 is 12.0 Å². The number of carbonyl (C=O) groups is 2. The molecule has 0 saturated carbocycles. The van der Waals surface area contributed by atoms with E-state index < -0.39 is 12.0 Å². The quantitative estimate of drug-likeness (QED) is 0.716. The second-order valence-corrected chi connectivity index (χ2v) is 4.05. The zero-order valence-corrected chi connectivity index (χ0v) is 9.80. The summed E-state index contributed by atoms with van der Waals surface area (Å²) in [6.07, 6.45) is 0. The smallest absolute Gasteiger partial charge is 0.327 e. The standard InChI is InChI=1S/C12H15N3O3/c16-11(17)10-8-13-6-7-15(10)12(18)14-9-4-2-1-3-5-9/h1-5,10,13H,6-8H2,(H,14,18)(H,16,17). The molecule has 1 heterocycles. The summed E-state index contributed by atoms with van der Waals surface area (Å²) in [5, 5.41) is 14.7. The number of urea groups is 1. The van der Waals surface area contributed by atoms with Crippen molar-refractivity contribution in [2.24, 2.45) is 0 Å². The van der Waals surface area contributed by atoms with Gasteiger partial charge in [0.15, 0.2) is 0 Å². The largest absolute Gasteiger partial charge is 0.480 e. The number of rotatable bonds is 2. The third-order valence-electron chi connectivity index (χ3n) is 2.81. The molecule has 18 heavy (non-hydrogen) atoms. The molecule has 1 atom stereocenters. The number of carboxylic acid groups (broad SMARTS) is 1. The van der Waals surface area contributed by atoms with Gasteiger partial charge in [-0.1, -0.05) is 18.2 Å². The Kier molecular flexibility index (Phi) is 3.78. The van der Waals surface area contributed by atoms with Crippen molar-refractivity contribution in [2.45, 2.75) is 6.04 Å². The van der Waals surface area contributed by atoms with Gasteiger partial charge in [-0.3, -0.25) is 0 Å². The minimum absolute atomic E-state index is 0.275. The number of carboxylic acids is 1. The van der Waals surface area contributed by atoms with Crippen molar-refractivity contribution in [1.82, 2.24) is 10.2 Å². The lowest BCUT2D eigenvalue weighted by molar-refractivity contribution is -0.142. The summed E-state index contributed by atoms with van der Waals surface area (Å²) in [5.41, 5.74) is 0.658. The van der Waals surface area contributed by atoms with Crippen molar-refractivity contribution >= 4 is 17.7 Å². The van der Waals surface area contributed by atoms with E-state index in [1.54, 1.807) is 12.1 Å². The normalized spacial score (nSPS) is 19.3. The minimum atomic E-state index is -0.995. The molecule has 1 aliphatic heterocycles. The lowest BCUT2D eigenvalue weighted by Crippen LogP contribution is -2.58. The third kappa shape index (κ3) is 2.78. The zero-order chi connectivity index (χ0) is 13.0. The fraction of sp³-hybridized carbons (Fsp3) is 0.333. The molecule has 1 aromatic rings. The van der Waals surface area contributed by atoms with Gasteiger partial charge in [0.1, 0.15) is 6.04 Å². The molecule has 0 aromatic heterocycles. The van der Waals surface area contributed by atoms with E-state index in [9.17, 15) is 9.59 Å². The van der Waals surface area contributed by atoms with E-state index in [1.807, 2.05) is 18.2 Å². The number of nitrogens with one attached hydrogen (secondary N) is 2. The molecule has 0 aliphatic carbocycles. The van der Waals surface area contributed by atoms with Gasteiger partial charge in [-0.25, -0.2) is 9.59 Å². The van der Waals surface area contributed by atoms with Gasteiger partial charge in [-0.15, -0.1) is 0 Å². The Morgan fingerprint density at radius 1 is 1.33 bits per heavy atom. The summed E-state index contributed by atoms with van der Waals surface area (Å²) in [5.74, 6) is -0.995. The predicted molar refractivity (Wildman–Crippen MR) is 66.5 cm³/mol. The van der Waals surface area contributed by atoms with E-state index in [2.05, 4.69) is 10.6 Å². The van der Waals surface area contributed by atoms with Gasteiger partial charge < -0.3 is 20.6 Å². The van der Waals surface area contributed by atoms with Crippen LogP contribution in [0.15, 0.2) is 30.3 Å². The summed E-state index contributed by atoms with van der Waals surface area (Å²) in [4.78, 5) is 24.4. The number of hydrogen-bond donors (Lipinski definition) is 3. The number of nitrogens with zero attached hydrogens (tertiary/aromatic N) is 1. The Hall–Kier alpha value is -2.08. The fourth-order valence-corrected chi connectivity index (χ4v) is 1.88. The van der Waals surface area contributed by atoms with Crippen molar-refractivity contribution in [3.05, 3.63) is 30.3 Å². The van der Waals surface area contributed by atoms with E-state index in [0.29, 0.717) is 18.8 Å². The molecular weight excluding hydrogens is 234 g/mol. The number of hydrogen-bond acceptors (Lipinski definition) is 3. The minimum Gasteiger partial charge on any atom is -0.480 e. The maximum Gasteiger partial charge on any atom is 0.327 e. The van der Waals surface area contributed by atoms with Gasteiger partial charge in [0.2, 0.25) is 0 Å². The van der Waals surface area contributed by atoms with Gasteiger partial charge in [-0.2, -0.15) is 0 Å². The second kappa shape index (κ2) is 5.50. The molecule has 1 aliphatic rings. The summed E-state index contributed by atoms with van der Waals surface area (Å²) in [6, 6.07) is 7.79. The van der Waals surface area contributed by atoms with Crippen molar-refractivity contribution in [1.29, 1.82) is 0 Å². The molecule has 96 valence electrons. The van der Waals surface area contributed by atoms with Crippen LogP contribution >= 0.6 is 0 Å². The van der Waals surface area contributed by atoms with Crippen molar-refractivity contribution < 1.29 is 14.7 Å². The number of anilines is 1. The molecule has 3 N–H and O–H groups in total. The lowest BCUT2D eigenvalue weighted by atomic mass is 10.2. The number of amides is 2. The summed E-state index contributed by atoms with van der Waals surface area (Å²) in [7, 11) is 0. The highest BCUT2D eigenvalue weighted by Crippen LogP contribution is 2.10. The first-order valence-corrected chi connectivity index (χ1v) is 5.74. The Balaban J connectivity index is 2.05. The number of benzene rings is 1. The van der Waals surface area contributed by atoms with Crippen LogP contribution in [0.2, 0.25) is 0 Å². The second-order valence-electron chi connectivity index (χ2n) is 4.05. The Labute approximate surface area is 105 Å². The SMILES string of the molecule is O=C(O)C1CNCCN1C(=O)Nc1ccccc1. The molecule has 6 heteroatoms. The summed E-state index contributed by atoms with van der Waals surface area (Å²) < 4.78 is 0. The molecule has 1 fully saturated rings. The molecule has 1 aromatic carbocycles. The van der Waals surface area contributed by atoms with Crippen LogP contribution in [0.25, 0.3) is 0 Å². The first kappa shape index (κ1) is 12.4.